The van der Waals surface area contributed by atoms with Crippen LogP contribution in [-0.2, 0) is 0 Å². The molecule has 0 radical (unpaired) electrons. The molecule has 0 aliphatic rings. The van der Waals surface area contributed by atoms with Crippen LogP contribution in [0.1, 0.15) is 13.3 Å². The van der Waals surface area contributed by atoms with E-state index >= 15 is 0 Å². The third-order valence-electron chi connectivity index (χ3n) is 2.68. The number of ether oxygens (including phenoxy) is 2. The summed E-state index contributed by atoms with van der Waals surface area (Å²) in [5, 5.41) is 20.6. The number of aromatic hydroxyl groups is 1. The van der Waals surface area contributed by atoms with Gasteiger partial charge in [-0.1, -0.05) is 19.1 Å². The lowest BCUT2D eigenvalue weighted by molar-refractivity contribution is -0.385. The monoisotopic (exact) mass is 289 g/mol. The van der Waals surface area contributed by atoms with Crippen LogP contribution in [0.4, 0.5) is 5.69 Å². The highest BCUT2D eigenvalue weighted by Gasteiger charge is 2.16. The molecule has 0 aliphatic heterocycles. The Morgan fingerprint density at radius 2 is 1.95 bits per heavy atom. The van der Waals surface area contributed by atoms with Crippen LogP contribution in [0.15, 0.2) is 42.5 Å². The molecule has 110 valence electrons. The van der Waals surface area contributed by atoms with Gasteiger partial charge in [0.15, 0.2) is 11.5 Å². The Hall–Kier alpha value is -2.76. The number of nitro benzene ring substituents is 1. The van der Waals surface area contributed by atoms with E-state index in [2.05, 4.69) is 0 Å². The highest BCUT2D eigenvalue weighted by atomic mass is 16.6. The zero-order valence-corrected chi connectivity index (χ0v) is 11.5. The molecule has 0 atom stereocenters. The fourth-order valence-corrected chi connectivity index (χ4v) is 1.71. The molecule has 0 fully saturated rings. The van der Waals surface area contributed by atoms with Crippen molar-refractivity contribution in [1.82, 2.24) is 0 Å². The molecule has 6 heteroatoms. The average molecular weight is 289 g/mol. The van der Waals surface area contributed by atoms with Crippen LogP contribution in [0.2, 0.25) is 0 Å². The van der Waals surface area contributed by atoms with Crippen LogP contribution < -0.4 is 9.47 Å². The maximum absolute atomic E-state index is 11.0. The second-order valence-corrected chi connectivity index (χ2v) is 4.30. The minimum atomic E-state index is -0.505. The van der Waals surface area contributed by atoms with Gasteiger partial charge in [-0.05, 0) is 24.6 Å². The molecule has 21 heavy (non-hydrogen) atoms. The number of hydrogen-bond acceptors (Lipinski definition) is 5. The van der Waals surface area contributed by atoms with Crippen LogP contribution in [0.25, 0.3) is 0 Å². The molecule has 0 saturated carbocycles. The van der Waals surface area contributed by atoms with E-state index in [9.17, 15) is 15.2 Å². The zero-order valence-electron chi connectivity index (χ0n) is 11.5. The van der Waals surface area contributed by atoms with E-state index in [0.29, 0.717) is 12.4 Å². The predicted octanol–water partition coefficient (Wildman–Crippen LogP) is 3.88. The largest absolute Gasteiger partial charge is 0.504 e. The molecule has 0 unspecified atom stereocenters. The van der Waals surface area contributed by atoms with Crippen molar-refractivity contribution < 1.29 is 19.5 Å². The Labute approximate surface area is 121 Å². The third kappa shape index (κ3) is 3.62. The first-order valence-corrected chi connectivity index (χ1v) is 6.49. The van der Waals surface area contributed by atoms with Crippen LogP contribution in [0.3, 0.4) is 0 Å². The molecule has 0 saturated heterocycles. The summed E-state index contributed by atoms with van der Waals surface area (Å²) in [5.41, 5.74) is -0.118. The Morgan fingerprint density at radius 3 is 2.62 bits per heavy atom. The summed E-state index contributed by atoms with van der Waals surface area (Å²) in [4.78, 5) is 10.4. The lowest BCUT2D eigenvalue weighted by atomic mass is 10.2. The summed E-state index contributed by atoms with van der Waals surface area (Å²) >= 11 is 0. The molecular formula is C15H15NO5. The van der Waals surface area contributed by atoms with E-state index in [0.717, 1.165) is 6.42 Å². The molecule has 2 rings (SSSR count). The van der Waals surface area contributed by atoms with Gasteiger partial charge < -0.3 is 14.6 Å². The zero-order chi connectivity index (χ0) is 15.2. The molecule has 0 bridgehead atoms. The first kappa shape index (κ1) is 14.6. The Bertz CT molecular complexity index is 642. The third-order valence-corrected chi connectivity index (χ3v) is 2.68. The van der Waals surface area contributed by atoms with Gasteiger partial charge in [-0.2, -0.15) is 0 Å². The van der Waals surface area contributed by atoms with Crippen molar-refractivity contribution in [2.45, 2.75) is 13.3 Å². The summed E-state index contributed by atoms with van der Waals surface area (Å²) < 4.78 is 10.9. The lowest BCUT2D eigenvalue weighted by Crippen LogP contribution is -1.99. The number of para-hydroxylation sites is 2. The van der Waals surface area contributed by atoms with Crippen LogP contribution >= 0.6 is 0 Å². The van der Waals surface area contributed by atoms with Crippen molar-refractivity contribution in [2.24, 2.45) is 0 Å². The van der Waals surface area contributed by atoms with Crippen molar-refractivity contribution in [3.8, 4) is 23.0 Å². The smallest absolute Gasteiger partial charge is 0.311 e. The molecule has 2 aromatic carbocycles. The number of phenolic OH excluding ortho intramolecular Hbond substituents is 1. The summed E-state index contributed by atoms with van der Waals surface area (Å²) in [6.07, 6.45) is 0.738. The maximum Gasteiger partial charge on any atom is 0.311 e. The Kier molecular flexibility index (Phi) is 4.61. The summed E-state index contributed by atoms with van der Waals surface area (Å²) in [6.45, 7) is 2.29. The topological polar surface area (TPSA) is 81.8 Å². The quantitative estimate of drug-likeness (QED) is 0.644. The number of nitrogens with zero attached hydrogens (tertiary/aromatic N) is 1. The number of benzene rings is 2. The van der Waals surface area contributed by atoms with E-state index in [1.165, 1.54) is 24.3 Å². The van der Waals surface area contributed by atoms with Crippen LogP contribution in [0.5, 0.6) is 23.0 Å². The predicted molar refractivity (Wildman–Crippen MR) is 77.1 cm³/mol. The number of rotatable bonds is 6. The van der Waals surface area contributed by atoms with Gasteiger partial charge in [0, 0.05) is 12.1 Å². The molecular weight excluding hydrogens is 274 g/mol. The summed E-state index contributed by atoms with van der Waals surface area (Å²) in [6, 6.07) is 10.7. The fourth-order valence-electron chi connectivity index (χ4n) is 1.71. The maximum atomic E-state index is 11.0. The van der Waals surface area contributed by atoms with Crippen molar-refractivity contribution in [2.75, 3.05) is 6.61 Å². The van der Waals surface area contributed by atoms with E-state index in [1.807, 2.05) is 6.92 Å². The number of phenols is 1. The molecule has 0 amide bonds. The fraction of sp³-hybridized carbons (Fsp3) is 0.200. The molecule has 0 aromatic heterocycles. The van der Waals surface area contributed by atoms with Crippen molar-refractivity contribution in [3.05, 3.63) is 52.6 Å². The molecule has 6 nitrogen and oxygen atoms in total. The van der Waals surface area contributed by atoms with Gasteiger partial charge in [0.25, 0.3) is 0 Å². The van der Waals surface area contributed by atoms with E-state index in [4.69, 9.17) is 9.47 Å². The van der Waals surface area contributed by atoms with Gasteiger partial charge in [0.2, 0.25) is 5.75 Å². The highest BCUT2D eigenvalue weighted by Crippen LogP contribution is 2.35. The van der Waals surface area contributed by atoms with E-state index in [-0.39, 0.29) is 22.9 Å². The van der Waals surface area contributed by atoms with Crippen LogP contribution in [0, 0.1) is 10.1 Å². The number of nitro groups is 1. The Morgan fingerprint density at radius 1 is 1.19 bits per heavy atom. The molecule has 0 aliphatic carbocycles. The van der Waals surface area contributed by atoms with Gasteiger partial charge in [0.1, 0.15) is 5.75 Å². The first-order valence-electron chi connectivity index (χ1n) is 6.49. The van der Waals surface area contributed by atoms with Gasteiger partial charge in [-0.25, -0.2) is 0 Å². The van der Waals surface area contributed by atoms with Gasteiger partial charge in [-0.15, -0.1) is 0 Å². The lowest BCUT2D eigenvalue weighted by Gasteiger charge is -2.10. The molecule has 1 N–H and O–H groups in total. The van der Waals surface area contributed by atoms with Crippen molar-refractivity contribution in [3.63, 3.8) is 0 Å². The average Bonchev–Trinajstić information content (AvgIpc) is 2.47. The minimum absolute atomic E-state index is 0.00752. The van der Waals surface area contributed by atoms with Crippen molar-refractivity contribution >= 4 is 5.69 Å². The van der Waals surface area contributed by atoms with Gasteiger partial charge in [0.05, 0.1) is 11.5 Å². The van der Waals surface area contributed by atoms with Gasteiger partial charge >= 0.3 is 5.69 Å². The van der Waals surface area contributed by atoms with Crippen molar-refractivity contribution in [1.29, 1.82) is 0 Å². The summed E-state index contributed by atoms with van der Waals surface area (Å²) in [5.74, 6) is 0.766. The summed E-state index contributed by atoms with van der Waals surface area (Å²) in [7, 11) is 0. The van der Waals surface area contributed by atoms with Crippen LogP contribution in [-0.4, -0.2) is 16.6 Å². The molecule has 0 heterocycles. The minimum Gasteiger partial charge on any atom is -0.504 e. The highest BCUT2D eigenvalue weighted by molar-refractivity contribution is 5.52. The normalized spacial score (nSPS) is 10.1. The molecule has 2 aromatic rings. The van der Waals surface area contributed by atoms with E-state index in [1.54, 1.807) is 18.2 Å². The first-order chi connectivity index (χ1) is 10.1. The standard InChI is InChI=1S/C15H15NO5/c1-2-9-20-15-10-11(7-8-12(15)16(18)19)21-14-6-4-3-5-13(14)17/h3-8,10,17H,2,9H2,1H3. The van der Waals surface area contributed by atoms with E-state index < -0.39 is 4.92 Å². The second kappa shape index (κ2) is 6.60. The molecule has 0 spiro atoms. The second-order valence-electron chi connectivity index (χ2n) is 4.30. The SMILES string of the molecule is CCCOc1cc(Oc2ccccc2O)ccc1[N+](=O)[O-]. The Balaban J connectivity index is 2.28. The van der Waals surface area contributed by atoms with Gasteiger partial charge in [-0.3, -0.25) is 10.1 Å². The number of hydrogen-bond donors (Lipinski definition) is 1.